The van der Waals surface area contributed by atoms with Gasteiger partial charge in [-0.2, -0.15) is 4.39 Å². The lowest BCUT2D eigenvalue weighted by atomic mass is 10.1. The number of hydrogen-bond donors (Lipinski definition) is 0. The lowest BCUT2D eigenvalue weighted by Gasteiger charge is -2.06. The summed E-state index contributed by atoms with van der Waals surface area (Å²) in [7, 11) is 1.33. The third-order valence-electron chi connectivity index (χ3n) is 2.55. The van der Waals surface area contributed by atoms with Crippen molar-refractivity contribution in [2.75, 3.05) is 7.11 Å². The lowest BCUT2D eigenvalue weighted by molar-refractivity contribution is 0.370. The van der Waals surface area contributed by atoms with Crippen LogP contribution in [0.5, 0.6) is 5.75 Å². The average molecular weight is 198 g/mol. The molecule has 0 N–H and O–H groups in total. The van der Waals surface area contributed by atoms with Crippen molar-refractivity contribution in [2.45, 2.75) is 19.3 Å². The molecule has 1 saturated carbocycles. The molecule has 0 heterocycles. The maximum Gasteiger partial charge on any atom is 0.200 e. The molecule has 0 bridgehead atoms. The molecule has 0 radical (unpaired) electrons. The van der Waals surface area contributed by atoms with Crippen LogP contribution in [0.1, 0.15) is 18.4 Å². The molecule has 0 amide bonds. The number of rotatable bonds is 3. The first kappa shape index (κ1) is 9.44. The lowest BCUT2D eigenvalue weighted by Crippen LogP contribution is -1.98. The Morgan fingerprint density at radius 3 is 2.57 bits per heavy atom. The Morgan fingerprint density at radius 2 is 2.00 bits per heavy atom. The molecule has 76 valence electrons. The van der Waals surface area contributed by atoms with Crippen LogP contribution in [-0.2, 0) is 6.42 Å². The van der Waals surface area contributed by atoms with Crippen molar-refractivity contribution in [3.05, 3.63) is 29.3 Å². The van der Waals surface area contributed by atoms with E-state index in [1.807, 2.05) is 0 Å². The Balaban J connectivity index is 2.27. The molecule has 1 aromatic carbocycles. The van der Waals surface area contributed by atoms with E-state index >= 15 is 0 Å². The molecule has 0 spiro atoms. The fraction of sp³-hybridized carbons (Fsp3) is 0.455. The van der Waals surface area contributed by atoms with Gasteiger partial charge in [0.15, 0.2) is 11.6 Å². The van der Waals surface area contributed by atoms with Crippen LogP contribution in [0.3, 0.4) is 0 Å². The largest absolute Gasteiger partial charge is 0.494 e. The number of methoxy groups -OCH3 is 1. The molecule has 1 fully saturated rings. The summed E-state index contributed by atoms with van der Waals surface area (Å²) >= 11 is 0. The van der Waals surface area contributed by atoms with Crippen molar-refractivity contribution in [3.63, 3.8) is 0 Å². The molecule has 0 aromatic heterocycles. The standard InChI is InChI=1S/C11H12F2O/c1-14-9-5-4-8(6-7-2-3-7)10(12)11(9)13/h4-5,7H,2-3,6H2,1H3. The molecule has 0 saturated heterocycles. The Morgan fingerprint density at radius 1 is 1.29 bits per heavy atom. The number of halogens is 2. The van der Waals surface area contributed by atoms with Gasteiger partial charge in [0, 0.05) is 0 Å². The van der Waals surface area contributed by atoms with Gasteiger partial charge in [0.05, 0.1) is 7.11 Å². The van der Waals surface area contributed by atoms with Crippen LogP contribution < -0.4 is 4.74 Å². The van der Waals surface area contributed by atoms with Crippen LogP contribution >= 0.6 is 0 Å². The van der Waals surface area contributed by atoms with Gasteiger partial charge in [-0.15, -0.1) is 0 Å². The van der Waals surface area contributed by atoms with Crippen molar-refractivity contribution in [3.8, 4) is 5.75 Å². The first-order valence-corrected chi connectivity index (χ1v) is 4.73. The quantitative estimate of drug-likeness (QED) is 0.725. The van der Waals surface area contributed by atoms with E-state index in [4.69, 9.17) is 0 Å². The minimum atomic E-state index is -0.870. The molecule has 1 aromatic rings. The van der Waals surface area contributed by atoms with Gasteiger partial charge in [0.25, 0.3) is 0 Å². The summed E-state index contributed by atoms with van der Waals surface area (Å²) in [6.45, 7) is 0. The Labute approximate surface area is 81.7 Å². The minimum Gasteiger partial charge on any atom is -0.494 e. The third kappa shape index (κ3) is 1.72. The maximum atomic E-state index is 13.4. The number of ether oxygens (including phenoxy) is 1. The highest BCUT2D eigenvalue weighted by Gasteiger charge is 2.24. The third-order valence-corrected chi connectivity index (χ3v) is 2.55. The smallest absolute Gasteiger partial charge is 0.200 e. The molecule has 3 heteroatoms. The highest BCUT2D eigenvalue weighted by atomic mass is 19.2. The van der Waals surface area contributed by atoms with E-state index in [0.29, 0.717) is 17.9 Å². The van der Waals surface area contributed by atoms with Gasteiger partial charge < -0.3 is 4.74 Å². The molecule has 1 aliphatic carbocycles. The number of hydrogen-bond acceptors (Lipinski definition) is 1. The van der Waals surface area contributed by atoms with Gasteiger partial charge in [-0.25, -0.2) is 4.39 Å². The van der Waals surface area contributed by atoms with Gasteiger partial charge >= 0.3 is 0 Å². The van der Waals surface area contributed by atoms with Crippen LogP contribution in [-0.4, -0.2) is 7.11 Å². The second-order valence-corrected chi connectivity index (χ2v) is 3.70. The summed E-state index contributed by atoms with van der Waals surface area (Å²) < 4.78 is 31.3. The fourth-order valence-corrected chi connectivity index (χ4v) is 1.52. The fourth-order valence-electron chi connectivity index (χ4n) is 1.52. The molecule has 2 rings (SSSR count). The van der Waals surface area contributed by atoms with Crippen LogP contribution in [0.2, 0.25) is 0 Å². The zero-order valence-corrected chi connectivity index (χ0v) is 8.02. The summed E-state index contributed by atoms with van der Waals surface area (Å²) in [5.74, 6) is -1.10. The van der Waals surface area contributed by atoms with Crippen LogP contribution in [0.25, 0.3) is 0 Å². The maximum absolute atomic E-state index is 13.4. The van der Waals surface area contributed by atoms with E-state index in [0.717, 1.165) is 12.8 Å². The second kappa shape index (κ2) is 3.56. The van der Waals surface area contributed by atoms with E-state index in [-0.39, 0.29) is 5.75 Å². The molecule has 1 nitrogen and oxygen atoms in total. The molecule has 0 unspecified atom stereocenters. The van der Waals surface area contributed by atoms with Gasteiger partial charge in [-0.05, 0) is 36.8 Å². The van der Waals surface area contributed by atoms with E-state index in [2.05, 4.69) is 4.74 Å². The molecule has 1 aliphatic rings. The summed E-state index contributed by atoms with van der Waals surface area (Å²) in [5.41, 5.74) is 0.464. The first-order valence-electron chi connectivity index (χ1n) is 4.73. The summed E-state index contributed by atoms with van der Waals surface area (Å²) in [6, 6.07) is 3.09. The van der Waals surface area contributed by atoms with Crippen LogP contribution in [0, 0.1) is 17.6 Å². The van der Waals surface area contributed by atoms with E-state index in [9.17, 15) is 8.78 Å². The Bertz CT molecular complexity index is 345. The predicted molar refractivity (Wildman–Crippen MR) is 49.3 cm³/mol. The average Bonchev–Trinajstić information content (AvgIpc) is 2.97. The van der Waals surface area contributed by atoms with Crippen molar-refractivity contribution < 1.29 is 13.5 Å². The minimum absolute atomic E-state index is 0.0259. The Hall–Kier alpha value is -1.12. The topological polar surface area (TPSA) is 9.23 Å². The van der Waals surface area contributed by atoms with E-state index < -0.39 is 11.6 Å². The second-order valence-electron chi connectivity index (χ2n) is 3.70. The normalized spacial score (nSPS) is 15.6. The van der Waals surface area contributed by atoms with Crippen molar-refractivity contribution in [2.24, 2.45) is 5.92 Å². The SMILES string of the molecule is COc1ccc(CC2CC2)c(F)c1F. The molecule has 0 aliphatic heterocycles. The molecule has 0 atom stereocenters. The van der Waals surface area contributed by atoms with Crippen molar-refractivity contribution >= 4 is 0 Å². The van der Waals surface area contributed by atoms with Gasteiger partial charge in [-0.3, -0.25) is 0 Å². The van der Waals surface area contributed by atoms with Crippen LogP contribution in [0.4, 0.5) is 8.78 Å². The van der Waals surface area contributed by atoms with Gasteiger partial charge in [0.1, 0.15) is 0 Å². The zero-order valence-electron chi connectivity index (χ0n) is 8.02. The first-order chi connectivity index (χ1) is 6.72. The summed E-state index contributed by atoms with van der Waals surface area (Å²) in [5, 5.41) is 0. The zero-order chi connectivity index (χ0) is 10.1. The van der Waals surface area contributed by atoms with Crippen molar-refractivity contribution in [1.82, 2.24) is 0 Å². The van der Waals surface area contributed by atoms with Crippen LogP contribution in [0.15, 0.2) is 12.1 Å². The monoisotopic (exact) mass is 198 g/mol. The van der Waals surface area contributed by atoms with E-state index in [1.54, 1.807) is 6.07 Å². The highest BCUT2D eigenvalue weighted by molar-refractivity contribution is 5.31. The Kier molecular flexibility index (Phi) is 2.40. The highest BCUT2D eigenvalue weighted by Crippen LogP contribution is 2.34. The molecular weight excluding hydrogens is 186 g/mol. The van der Waals surface area contributed by atoms with Gasteiger partial charge in [-0.1, -0.05) is 6.07 Å². The van der Waals surface area contributed by atoms with E-state index in [1.165, 1.54) is 13.2 Å². The molecular formula is C11H12F2O. The number of benzene rings is 1. The van der Waals surface area contributed by atoms with Crippen molar-refractivity contribution in [1.29, 1.82) is 0 Å². The summed E-state index contributed by atoms with van der Waals surface area (Å²) in [4.78, 5) is 0. The predicted octanol–water partition coefficient (Wildman–Crippen LogP) is 2.93. The molecule has 14 heavy (non-hydrogen) atoms. The van der Waals surface area contributed by atoms with Gasteiger partial charge in [0.2, 0.25) is 5.82 Å². The summed E-state index contributed by atoms with van der Waals surface area (Å²) in [6.07, 6.45) is 2.91.